The van der Waals surface area contributed by atoms with Gasteiger partial charge >= 0.3 is 5.97 Å². The summed E-state index contributed by atoms with van der Waals surface area (Å²) in [7, 11) is 0. The minimum absolute atomic E-state index is 0.276. The molecule has 29 heavy (non-hydrogen) atoms. The summed E-state index contributed by atoms with van der Waals surface area (Å²) in [5.74, 6) is -1.42. The van der Waals surface area contributed by atoms with Gasteiger partial charge < -0.3 is 10.4 Å². The zero-order valence-corrected chi connectivity index (χ0v) is 17.8. The fraction of sp³-hybridized carbons (Fsp3) is 0.360. The highest BCUT2D eigenvalue weighted by Crippen LogP contribution is 2.32. The number of rotatable bonds is 8. The van der Waals surface area contributed by atoms with Gasteiger partial charge in [-0.3, -0.25) is 4.79 Å². The third kappa shape index (κ3) is 4.58. The van der Waals surface area contributed by atoms with Crippen molar-refractivity contribution >= 4 is 11.9 Å². The molecule has 0 atom stereocenters. The van der Waals surface area contributed by atoms with Gasteiger partial charge in [0.2, 0.25) is 0 Å². The normalized spacial score (nSPS) is 16.7. The average Bonchev–Trinajstić information content (AvgIpc) is 3.09. The number of aliphatic carboxylic acids is 1. The second kappa shape index (κ2) is 9.55. The van der Waals surface area contributed by atoms with Crippen molar-refractivity contribution in [2.75, 3.05) is 0 Å². The maximum Gasteiger partial charge on any atom is 0.330 e. The smallest absolute Gasteiger partial charge is 0.330 e. The number of carboxylic acid groups (broad SMARTS) is 1. The van der Waals surface area contributed by atoms with Gasteiger partial charge in [0.25, 0.3) is 5.91 Å². The molecule has 1 amide bonds. The molecule has 0 spiro atoms. The highest BCUT2D eigenvalue weighted by molar-refractivity contribution is 6.01. The molecule has 0 radical (unpaired) electrons. The lowest BCUT2D eigenvalue weighted by Crippen LogP contribution is -2.55. The molecule has 0 aliphatic heterocycles. The Morgan fingerprint density at radius 1 is 1.21 bits per heavy atom. The third-order valence-corrected chi connectivity index (χ3v) is 5.56. The molecule has 1 aromatic rings. The van der Waals surface area contributed by atoms with Crippen LogP contribution in [-0.4, -0.2) is 22.5 Å². The fourth-order valence-electron chi connectivity index (χ4n) is 3.95. The molecule has 1 aromatic carbocycles. The third-order valence-electron chi connectivity index (χ3n) is 5.56. The summed E-state index contributed by atoms with van der Waals surface area (Å²) in [4.78, 5) is 25.5. The van der Waals surface area contributed by atoms with E-state index in [9.17, 15) is 14.7 Å². The van der Waals surface area contributed by atoms with Crippen molar-refractivity contribution in [3.63, 3.8) is 0 Å². The number of carbonyl (C=O) groups is 2. The Labute approximate surface area is 173 Å². The molecular formula is C25H31NO3. The van der Waals surface area contributed by atoms with Gasteiger partial charge in [-0.25, -0.2) is 4.79 Å². The first-order valence-corrected chi connectivity index (χ1v) is 10.2. The lowest BCUT2D eigenvalue weighted by atomic mass is 9.89. The van der Waals surface area contributed by atoms with Crippen LogP contribution in [0.5, 0.6) is 0 Å². The quantitative estimate of drug-likeness (QED) is 0.487. The molecule has 1 aliphatic carbocycles. The lowest BCUT2D eigenvalue weighted by Gasteiger charge is -2.27. The Hall–Kier alpha value is -2.88. The van der Waals surface area contributed by atoms with Crippen LogP contribution in [0.3, 0.4) is 0 Å². The van der Waals surface area contributed by atoms with Crippen LogP contribution in [0, 0.1) is 0 Å². The van der Waals surface area contributed by atoms with E-state index in [4.69, 9.17) is 0 Å². The molecule has 0 saturated carbocycles. The fourth-order valence-corrected chi connectivity index (χ4v) is 3.95. The van der Waals surface area contributed by atoms with E-state index in [0.717, 1.165) is 40.7 Å². The second-order valence-electron chi connectivity index (χ2n) is 7.42. The molecule has 0 unspecified atom stereocenters. The summed E-state index contributed by atoms with van der Waals surface area (Å²) in [6.45, 7) is 11.9. The van der Waals surface area contributed by atoms with Gasteiger partial charge in [-0.1, -0.05) is 62.9 Å². The monoisotopic (exact) mass is 393 g/mol. The topological polar surface area (TPSA) is 66.4 Å². The number of carbonyl (C=O) groups excluding carboxylic acids is 1. The van der Waals surface area contributed by atoms with Crippen LogP contribution in [0.4, 0.5) is 0 Å². The standard InChI is InChI=1S/C25H31NO3/c1-6-12-18(8-3)22(17(5)7-2)21(9-4)23(27)26-25(24(28)29)15-19-13-10-11-14-20(19)16-25/h7,9-14H,4,6,8,15-16H2,1-3,5H3,(H,26,27)(H,28,29)/b17-7-,18-12-,22-21-. The molecule has 2 N–H and O–H groups in total. The zero-order valence-electron chi connectivity index (χ0n) is 17.8. The Morgan fingerprint density at radius 3 is 2.21 bits per heavy atom. The van der Waals surface area contributed by atoms with Crippen molar-refractivity contribution in [2.45, 2.75) is 58.9 Å². The molecule has 4 nitrogen and oxygen atoms in total. The Morgan fingerprint density at radius 2 is 1.79 bits per heavy atom. The van der Waals surface area contributed by atoms with Crippen molar-refractivity contribution < 1.29 is 14.7 Å². The second-order valence-corrected chi connectivity index (χ2v) is 7.42. The zero-order chi connectivity index (χ0) is 21.6. The molecule has 0 fully saturated rings. The summed E-state index contributed by atoms with van der Waals surface area (Å²) in [5, 5.41) is 12.8. The van der Waals surface area contributed by atoms with Crippen molar-refractivity contribution in [1.82, 2.24) is 5.32 Å². The van der Waals surface area contributed by atoms with Crippen LogP contribution in [-0.2, 0) is 22.4 Å². The van der Waals surface area contributed by atoms with Crippen LogP contribution in [0.15, 0.2) is 71.4 Å². The number of allylic oxidation sites excluding steroid dienone is 5. The maximum atomic E-state index is 13.3. The van der Waals surface area contributed by atoms with Crippen molar-refractivity contribution in [1.29, 1.82) is 0 Å². The minimum atomic E-state index is -1.34. The lowest BCUT2D eigenvalue weighted by molar-refractivity contribution is -0.146. The Kier molecular flexibility index (Phi) is 7.38. The largest absolute Gasteiger partial charge is 0.479 e. The number of amides is 1. The minimum Gasteiger partial charge on any atom is -0.479 e. The van der Waals surface area contributed by atoms with Crippen LogP contribution in [0.2, 0.25) is 0 Å². The van der Waals surface area contributed by atoms with Gasteiger partial charge in [0.05, 0.1) is 0 Å². The number of hydrogen-bond acceptors (Lipinski definition) is 2. The van der Waals surface area contributed by atoms with Gasteiger partial charge in [0.15, 0.2) is 0 Å². The molecular weight excluding hydrogens is 362 g/mol. The molecule has 2 rings (SSSR count). The van der Waals surface area contributed by atoms with Crippen molar-refractivity contribution in [3.05, 3.63) is 82.5 Å². The van der Waals surface area contributed by atoms with E-state index in [1.807, 2.05) is 44.2 Å². The van der Waals surface area contributed by atoms with Crippen LogP contribution >= 0.6 is 0 Å². The molecule has 1 aliphatic rings. The summed E-state index contributed by atoms with van der Waals surface area (Å²) in [6, 6.07) is 7.63. The van der Waals surface area contributed by atoms with Crippen molar-refractivity contribution in [2.24, 2.45) is 0 Å². The number of carboxylic acids is 1. The van der Waals surface area contributed by atoms with Crippen molar-refractivity contribution in [3.8, 4) is 0 Å². The number of nitrogens with one attached hydrogen (secondary N) is 1. The molecule has 0 saturated heterocycles. The number of fused-ring (bicyclic) bond motifs is 1. The van der Waals surface area contributed by atoms with Crippen LogP contribution in [0.25, 0.3) is 0 Å². The predicted molar refractivity (Wildman–Crippen MR) is 118 cm³/mol. The van der Waals surface area contributed by atoms with Gasteiger partial charge in [-0.15, -0.1) is 0 Å². The van der Waals surface area contributed by atoms with E-state index < -0.39 is 17.4 Å². The van der Waals surface area contributed by atoms with E-state index in [1.165, 1.54) is 6.08 Å². The average molecular weight is 394 g/mol. The van der Waals surface area contributed by atoms with Gasteiger partial charge in [0.1, 0.15) is 5.54 Å². The summed E-state index contributed by atoms with van der Waals surface area (Å²) >= 11 is 0. The van der Waals surface area contributed by atoms with E-state index in [2.05, 4.69) is 31.8 Å². The molecule has 154 valence electrons. The number of hydrogen-bond donors (Lipinski definition) is 2. The SMILES string of the molecule is C=C/C(C(=O)NC1(C(=O)O)Cc2ccccc2C1)=C(C(\C)=C/C)/C(=C\CC)CC. The summed E-state index contributed by atoms with van der Waals surface area (Å²) < 4.78 is 0. The van der Waals surface area contributed by atoms with E-state index in [0.29, 0.717) is 5.57 Å². The highest BCUT2D eigenvalue weighted by Gasteiger charge is 2.45. The van der Waals surface area contributed by atoms with E-state index in [1.54, 1.807) is 0 Å². The first-order chi connectivity index (χ1) is 13.8. The Balaban J connectivity index is 2.51. The van der Waals surface area contributed by atoms with E-state index in [-0.39, 0.29) is 12.8 Å². The van der Waals surface area contributed by atoms with Gasteiger partial charge in [-0.2, -0.15) is 0 Å². The predicted octanol–water partition coefficient (Wildman–Crippen LogP) is 4.92. The molecule has 0 heterocycles. The maximum absolute atomic E-state index is 13.3. The van der Waals surface area contributed by atoms with Gasteiger partial charge in [0, 0.05) is 18.4 Å². The van der Waals surface area contributed by atoms with E-state index >= 15 is 0 Å². The molecule has 0 bridgehead atoms. The van der Waals surface area contributed by atoms with Gasteiger partial charge in [-0.05, 0) is 54.5 Å². The summed E-state index contributed by atoms with van der Waals surface area (Å²) in [5.41, 5.74) is 3.86. The van der Waals surface area contributed by atoms with Crippen LogP contribution < -0.4 is 5.32 Å². The highest BCUT2D eigenvalue weighted by atomic mass is 16.4. The molecule has 4 heteroatoms. The Bertz CT molecular complexity index is 877. The first kappa shape index (κ1) is 22.4. The van der Waals surface area contributed by atoms with Crippen LogP contribution in [0.1, 0.15) is 51.7 Å². The first-order valence-electron chi connectivity index (χ1n) is 10.2. The number of benzene rings is 1. The summed E-state index contributed by atoms with van der Waals surface area (Å²) in [6.07, 6.45) is 7.78. The molecule has 0 aromatic heterocycles.